The van der Waals surface area contributed by atoms with Gasteiger partial charge in [-0.05, 0) is 50.1 Å². The Morgan fingerprint density at radius 1 is 1.07 bits per heavy atom. The first-order chi connectivity index (χ1) is 13.7. The summed E-state index contributed by atoms with van der Waals surface area (Å²) in [6.45, 7) is 5.83. The first kappa shape index (κ1) is 20.3. The lowest BCUT2D eigenvalue weighted by Gasteiger charge is -2.16. The Labute approximate surface area is 170 Å². The Balaban J connectivity index is 2.12. The second kappa shape index (κ2) is 7.89. The van der Waals surface area contributed by atoms with Crippen molar-refractivity contribution in [3.05, 3.63) is 65.0 Å². The Bertz CT molecular complexity index is 1210. The van der Waals surface area contributed by atoms with Crippen LogP contribution in [0.4, 0.5) is 5.69 Å². The number of nitrogens with zero attached hydrogens (tertiary/aromatic N) is 3. The van der Waals surface area contributed by atoms with Gasteiger partial charge in [-0.15, -0.1) is 0 Å². The van der Waals surface area contributed by atoms with Crippen molar-refractivity contribution in [3.63, 3.8) is 0 Å². The number of pyridine rings is 2. The Kier molecular flexibility index (Phi) is 5.52. The maximum atomic E-state index is 11.8. The van der Waals surface area contributed by atoms with E-state index < -0.39 is 10.0 Å². The molecule has 3 rings (SSSR count). The van der Waals surface area contributed by atoms with Crippen LogP contribution in [0.1, 0.15) is 22.3 Å². The highest BCUT2D eigenvalue weighted by Gasteiger charge is 2.16. The van der Waals surface area contributed by atoms with Gasteiger partial charge in [-0.3, -0.25) is 9.71 Å². The van der Waals surface area contributed by atoms with Crippen molar-refractivity contribution in [2.24, 2.45) is 0 Å². The summed E-state index contributed by atoms with van der Waals surface area (Å²) in [5, 5.41) is 9.10. The van der Waals surface area contributed by atoms with Gasteiger partial charge in [-0.2, -0.15) is 5.26 Å². The van der Waals surface area contributed by atoms with Crippen molar-refractivity contribution < 1.29 is 13.2 Å². The van der Waals surface area contributed by atoms with Crippen molar-refractivity contribution in [1.82, 2.24) is 9.97 Å². The van der Waals surface area contributed by atoms with Crippen LogP contribution in [-0.4, -0.2) is 24.6 Å². The second-order valence-corrected chi connectivity index (χ2v) is 8.58. The van der Waals surface area contributed by atoms with Gasteiger partial charge in [0.15, 0.2) is 0 Å². The number of benzene rings is 1. The largest absolute Gasteiger partial charge is 0.436 e. The molecule has 0 saturated carbocycles. The van der Waals surface area contributed by atoms with Crippen molar-refractivity contribution in [1.29, 1.82) is 5.26 Å². The maximum Gasteiger partial charge on any atom is 0.244 e. The normalized spacial score (nSPS) is 11.0. The van der Waals surface area contributed by atoms with Crippen LogP contribution in [0.25, 0.3) is 11.3 Å². The molecule has 0 atom stereocenters. The zero-order chi connectivity index (χ0) is 21.2. The third-order valence-corrected chi connectivity index (χ3v) is 4.71. The maximum absolute atomic E-state index is 11.8. The Hall–Kier alpha value is -3.44. The van der Waals surface area contributed by atoms with Crippen LogP contribution in [0.2, 0.25) is 0 Å². The lowest BCUT2D eigenvalue weighted by molar-refractivity contribution is 0.459. The standard InChI is InChI=1S/C21H20N4O3S/c1-13-7-14(2)20(15(3)8-13)28-21-19(25-29(4,26)27)6-5-18(24-21)17-9-16(10-22)11-23-12-17/h5-9,11-12,25H,1-4H3. The first-order valence-electron chi connectivity index (χ1n) is 8.76. The molecule has 0 aliphatic heterocycles. The molecule has 0 aliphatic rings. The summed E-state index contributed by atoms with van der Waals surface area (Å²) in [5.74, 6) is 0.728. The number of rotatable bonds is 5. The quantitative estimate of drug-likeness (QED) is 0.681. The van der Waals surface area contributed by atoms with Gasteiger partial charge < -0.3 is 4.74 Å². The van der Waals surface area contributed by atoms with Crippen LogP contribution in [0.5, 0.6) is 11.6 Å². The van der Waals surface area contributed by atoms with E-state index in [1.807, 2.05) is 39.0 Å². The predicted molar refractivity (Wildman–Crippen MR) is 111 cm³/mol. The van der Waals surface area contributed by atoms with E-state index in [9.17, 15) is 8.42 Å². The molecule has 148 valence electrons. The number of hydrogen-bond donors (Lipinski definition) is 1. The zero-order valence-corrected chi connectivity index (χ0v) is 17.3. The van der Waals surface area contributed by atoms with Crippen molar-refractivity contribution in [3.8, 4) is 29.0 Å². The molecule has 1 aromatic carbocycles. The van der Waals surface area contributed by atoms with E-state index >= 15 is 0 Å². The van der Waals surface area contributed by atoms with E-state index in [1.165, 1.54) is 6.20 Å². The molecule has 0 amide bonds. The summed E-state index contributed by atoms with van der Waals surface area (Å²) in [6.07, 6.45) is 4.10. The lowest BCUT2D eigenvalue weighted by Crippen LogP contribution is -2.11. The van der Waals surface area contributed by atoms with Gasteiger partial charge in [-0.1, -0.05) is 17.7 Å². The zero-order valence-electron chi connectivity index (χ0n) is 16.5. The molecule has 0 radical (unpaired) electrons. The third-order valence-electron chi connectivity index (χ3n) is 4.12. The van der Waals surface area contributed by atoms with Gasteiger partial charge in [0.05, 0.1) is 17.5 Å². The molecule has 2 heterocycles. The topological polar surface area (TPSA) is 105 Å². The molecule has 2 aromatic heterocycles. The number of sulfonamides is 1. The van der Waals surface area contributed by atoms with E-state index in [0.717, 1.165) is 22.9 Å². The second-order valence-electron chi connectivity index (χ2n) is 6.83. The number of nitriles is 1. The number of ether oxygens (including phenoxy) is 1. The Morgan fingerprint density at radius 3 is 2.38 bits per heavy atom. The summed E-state index contributed by atoms with van der Waals surface area (Å²) in [5.41, 5.74) is 4.67. The number of aryl methyl sites for hydroxylation is 3. The summed E-state index contributed by atoms with van der Waals surface area (Å²) < 4.78 is 32.1. The molecule has 0 unspecified atom stereocenters. The van der Waals surface area contributed by atoms with Crippen LogP contribution < -0.4 is 9.46 Å². The predicted octanol–water partition coefficient (Wildman–Crippen LogP) is 4.10. The number of anilines is 1. The van der Waals surface area contributed by atoms with Gasteiger partial charge in [0.25, 0.3) is 0 Å². The molecule has 1 N–H and O–H groups in total. The molecule has 29 heavy (non-hydrogen) atoms. The van der Waals surface area contributed by atoms with E-state index in [-0.39, 0.29) is 11.6 Å². The molecule has 0 bridgehead atoms. The van der Waals surface area contributed by atoms with Crippen LogP contribution >= 0.6 is 0 Å². The van der Waals surface area contributed by atoms with Gasteiger partial charge in [-0.25, -0.2) is 13.4 Å². The van der Waals surface area contributed by atoms with Crippen molar-refractivity contribution in [2.75, 3.05) is 11.0 Å². The fourth-order valence-corrected chi connectivity index (χ4v) is 3.58. The number of hydrogen-bond acceptors (Lipinski definition) is 6. The fourth-order valence-electron chi connectivity index (χ4n) is 3.02. The molecule has 0 fully saturated rings. The van der Waals surface area contributed by atoms with Crippen LogP contribution in [0.3, 0.4) is 0 Å². The van der Waals surface area contributed by atoms with E-state index in [0.29, 0.717) is 22.6 Å². The lowest BCUT2D eigenvalue weighted by atomic mass is 10.1. The number of nitrogens with one attached hydrogen (secondary N) is 1. The van der Waals surface area contributed by atoms with E-state index in [2.05, 4.69) is 14.7 Å². The smallest absolute Gasteiger partial charge is 0.244 e. The van der Waals surface area contributed by atoms with Crippen LogP contribution in [-0.2, 0) is 10.0 Å². The first-order valence-corrected chi connectivity index (χ1v) is 10.7. The highest BCUT2D eigenvalue weighted by Crippen LogP contribution is 2.35. The SMILES string of the molecule is Cc1cc(C)c(Oc2nc(-c3cncc(C#N)c3)ccc2NS(C)(=O)=O)c(C)c1. The average molecular weight is 408 g/mol. The molecular formula is C21H20N4O3S. The fraction of sp³-hybridized carbons (Fsp3) is 0.190. The molecule has 8 heteroatoms. The summed E-state index contributed by atoms with van der Waals surface area (Å²) >= 11 is 0. The summed E-state index contributed by atoms with van der Waals surface area (Å²) in [7, 11) is -3.53. The van der Waals surface area contributed by atoms with Gasteiger partial charge >= 0.3 is 0 Å². The third kappa shape index (κ3) is 4.89. The summed E-state index contributed by atoms with van der Waals surface area (Å²) in [4.78, 5) is 8.55. The van der Waals surface area contributed by atoms with E-state index in [4.69, 9.17) is 10.00 Å². The minimum Gasteiger partial charge on any atom is -0.436 e. The molecular weight excluding hydrogens is 388 g/mol. The minimum atomic E-state index is -3.53. The van der Waals surface area contributed by atoms with E-state index in [1.54, 1.807) is 24.4 Å². The average Bonchev–Trinajstić information content (AvgIpc) is 2.64. The Morgan fingerprint density at radius 2 is 1.76 bits per heavy atom. The van der Waals surface area contributed by atoms with Crippen molar-refractivity contribution in [2.45, 2.75) is 20.8 Å². The number of aromatic nitrogens is 2. The molecule has 0 spiro atoms. The van der Waals surface area contributed by atoms with Gasteiger partial charge in [0.2, 0.25) is 15.9 Å². The highest BCUT2D eigenvalue weighted by molar-refractivity contribution is 7.92. The van der Waals surface area contributed by atoms with Crippen molar-refractivity contribution >= 4 is 15.7 Å². The molecule has 3 aromatic rings. The monoisotopic (exact) mass is 408 g/mol. The van der Waals surface area contributed by atoms with Gasteiger partial charge in [0.1, 0.15) is 17.5 Å². The minimum absolute atomic E-state index is 0.116. The molecule has 0 aliphatic carbocycles. The summed E-state index contributed by atoms with van der Waals surface area (Å²) in [6, 6.07) is 10.9. The molecule has 0 saturated heterocycles. The molecule has 7 nitrogen and oxygen atoms in total. The van der Waals surface area contributed by atoms with Crippen LogP contribution in [0.15, 0.2) is 42.7 Å². The highest BCUT2D eigenvalue weighted by atomic mass is 32.2. The van der Waals surface area contributed by atoms with Crippen LogP contribution in [0, 0.1) is 32.1 Å². The van der Waals surface area contributed by atoms with Gasteiger partial charge in [0, 0.05) is 18.0 Å².